The summed E-state index contributed by atoms with van der Waals surface area (Å²) in [7, 11) is 1.58. The van der Waals surface area contributed by atoms with Gasteiger partial charge >= 0.3 is 0 Å². The number of nitrogens with zero attached hydrogens (tertiary/aromatic N) is 2. The van der Waals surface area contributed by atoms with Crippen molar-refractivity contribution in [2.45, 2.75) is 38.6 Å². The SMILES string of the molecule is CCCCN(CC)CCNC(=O)C1c2ccccc2C(=O)N(CCOC)C1c1ccc(F)cc1. The summed E-state index contributed by atoms with van der Waals surface area (Å²) >= 11 is 0. The van der Waals surface area contributed by atoms with Gasteiger partial charge < -0.3 is 19.9 Å². The number of carbonyl (C=O) groups is 2. The molecule has 2 unspecified atom stereocenters. The lowest BCUT2D eigenvalue weighted by atomic mass is 9.79. The number of nitrogens with one attached hydrogen (secondary N) is 1. The lowest BCUT2D eigenvalue weighted by molar-refractivity contribution is -0.124. The van der Waals surface area contributed by atoms with Crippen molar-refractivity contribution < 1.29 is 18.7 Å². The number of methoxy groups -OCH3 is 1. The predicted molar refractivity (Wildman–Crippen MR) is 131 cm³/mol. The molecule has 2 aromatic carbocycles. The highest BCUT2D eigenvalue weighted by Crippen LogP contribution is 2.42. The molecular weight excluding hydrogens is 433 g/mol. The van der Waals surface area contributed by atoms with Gasteiger partial charge in [-0.1, -0.05) is 50.6 Å². The van der Waals surface area contributed by atoms with E-state index in [1.807, 2.05) is 18.2 Å². The summed E-state index contributed by atoms with van der Waals surface area (Å²) in [6, 6.07) is 12.8. The number of halogens is 1. The van der Waals surface area contributed by atoms with E-state index in [1.54, 1.807) is 30.2 Å². The molecule has 3 rings (SSSR count). The molecule has 2 amide bonds. The van der Waals surface area contributed by atoms with E-state index in [9.17, 15) is 14.0 Å². The summed E-state index contributed by atoms with van der Waals surface area (Å²) in [5, 5.41) is 3.11. The molecule has 2 aromatic rings. The third-order valence-corrected chi connectivity index (χ3v) is 6.47. The fourth-order valence-electron chi connectivity index (χ4n) is 4.60. The van der Waals surface area contributed by atoms with Crippen LogP contribution in [0.4, 0.5) is 4.39 Å². The van der Waals surface area contributed by atoms with E-state index < -0.39 is 12.0 Å². The molecule has 1 aliphatic heterocycles. The number of unbranched alkanes of at least 4 members (excludes halogenated alkanes) is 1. The van der Waals surface area contributed by atoms with Gasteiger partial charge in [0.2, 0.25) is 5.91 Å². The van der Waals surface area contributed by atoms with Crippen molar-refractivity contribution in [3.63, 3.8) is 0 Å². The van der Waals surface area contributed by atoms with Crippen molar-refractivity contribution in [1.82, 2.24) is 15.1 Å². The Balaban J connectivity index is 1.92. The Morgan fingerprint density at radius 2 is 1.85 bits per heavy atom. The maximum atomic E-state index is 13.7. The quantitative estimate of drug-likeness (QED) is 0.511. The maximum absolute atomic E-state index is 13.7. The predicted octanol–water partition coefficient (Wildman–Crippen LogP) is 3.99. The Bertz CT molecular complexity index is 950. The van der Waals surface area contributed by atoms with Gasteiger partial charge in [-0.15, -0.1) is 0 Å². The number of carbonyl (C=O) groups excluding carboxylic acids is 2. The molecule has 1 heterocycles. The molecule has 0 radical (unpaired) electrons. The summed E-state index contributed by atoms with van der Waals surface area (Å²) in [6.07, 6.45) is 2.26. The number of benzene rings is 2. The van der Waals surface area contributed by atoms with E-state index in [0.717, 1.165) is 38.0 Å². The van der Waals surface area contributed by atoms with Gasteiger partial charge in [0, 0.05) is 32.3 Å². The second-order valence-electron chi connectivity index (χ2n) is 8.63. The van der Waals surface area contributed by atoms with E-state index >= 15 is 0 Å². The Kier molecular flexibility index (Phi) is 9.60. The van der Waals surface area contributed by atoms with Gasteiger partial charge in [0.1, 0.15) is 5.82 Å². The molecule has 0 aliphatic carbocycles. The second kappa shape index (κ2) is 12.6. The average molecular weight is 470 g/mol. The number of fused-ring (bicyclic) bond motifs is 1. The molecule has 0 saturated carbocycles. The van der Waals surface area contributed by atoms with Crippen LogP contribution in [0.1, 0.15) is 60.1 Å². The van der Waals surface area contributed by atoms with Gasteiger partial charge in [-0.3, -0.25) is 9.59 Å². The average Bonchev–Trinajstić information content (AvgIpc) is 2.85. The highest BCUT2D eigenvalue weighted by molar-refractivity contribution is 6.01. The number of likely N-dealkylation sites (N-methyl/N-ethyl adjacent to an activating group) is 1. The summed E-state index contributed by atoms with van der Waals surface area (Å²) in [5.74, 6) is -1.25. The molecule has 6 nitrogen and oxygen atoms in total. The van der Waals surface area contributed by atoms with Gasteiger partial charge in [0.05, 0.1) is 18.6 Å². The summed E-state index contributed by atoms with van der Waals surface area (Å²) in [6.45, 7) is 8.19. The molecule has 184 valence electrons. The van der Waals surface area contributed by atoms with E-state index in [4.69, 9.17) is 4.74 Å². The van der Waals surface area contributed by atoms with Gasteiger partial charge in [-0.2, -0.15) is 0 Å². The number of hydrogen-bond donors (Lipinski definition) is 1. The third kappa shape index (κ3) is 6.02. The smallest absolute Gasteiger partial charge is 0.254 e. The molecule has 1 N–H and O–H groups in total. The van der Waals surface area contributed by atoms with Crippen LogP contribution in [0.5, 0.6) is 0 Å². The first-order chi connectivity index (χ1) is 16.5. The van der Waals surface area contributed by atoms with Crippen LogP contribution in [0.2, 0.25) is 0 Å². The molecule has 0 aromatic heterocycles. The minimum absolute atomic E-state index is 0.136. The van der Waals surface area contributed by atoms with E-state index in [2.05, 4.69) is 24.1 Å². The topological polar surface area (TPSA) is 61.9 Å². The van der Waals surface area contributed by atoms with E-state index in [-0.39, 0.29) is 17.6 Å². The van der Waals surface area contributed by atoms with Crippen LogP contribution in [0.3, 0.4) is 0 Å². The number of rotatable bonds is 12. The first kappa shape index (κ1) is 25.8. The van der Waals surface area contributed by atoms with E-state index in [1.165, 1.54) is 12.1 Å². The zero-order chi connectivity index (χ0) is 24.5. The second-order valence-corrected chi connectivity index (χ2v) is 8.63. The number of amides is 2. The van der Waals surface area contributed by atoms with Gasteiger partial charge in [0.25, 0.3) is 5.91 Å². The first-order valence-electron chi connectivity index (χ1n) is 12.2. The molecule has 34 heavy (non-hydrogen) atoms. The van der Waals surface area contributed by atoms with Crippen LogP contribution in [0.15, 0.2) is 48.5 Å². The molecule has 0 saturated heterocycles. The zero-order valence-electron chi connectivity index (χ0n) is 20.4. The van der Waals surface area contributed by atoms with Gasteiger partial charge in [-0.25, -0.2) is 4.39 Å². The van der Waals surface area contributed by atoms with Crippen molar-refractivity contribution in [3.05, 3.63) is 71.0 Å². The van der Waals surface area contributed by atoms with Crippen LogP contribution < -0.4 is 5.32 Å². The standard InChI is InChI=1S/C27H36FN3O3/c1-4-6-16-30(5-2)17-15-29-26(32)24-22-9-7-8-10-23(22)27(33)31(18-19-34-3)25(24)20-11-13-21(28)14-12-20/h7-14,24-25H,4-6,15-19H2,1-3H3,(H,29,32). The normalized spacial score (nSPS) is 17.7. The van der Waals surface area contributed by atoms with E-state index in [0.29, 0.717) is 30.8 Å². The molecule has 2 atom stereocenters. The van der Waals surface area contributed by atoms with Crippen LogP contribution >= 0.6 is 0 Å². The van der Waals surface area contributed by atoms with Gasteiger partial charge in [0.15, 0.2) is 0 Å². The number of hydrogen-bond acceptors (Lipinski definition) is 4. The fourth-order valence-corrected chi connectivity index (χ4v) is 4.60. The Morgan fingerprint density at radius 1 is 1.12 bits per heavy atom. The maximum Gasteiger partial charge on any atom is 0.254 e. The van der Waals surface area contributed by atoms with Crippen LogP contribution in [0, 0.1) is 5.82 Å². The highest BCUT2D eigenvalue weighted by Gasteiger charge is 2.43. The Morgan fingerprint density at radius 3 is 2.53 bits per heavy atom. The monoisotopic (exact) mass is 469 g/mol. The lowest BCUT2D eigenvalue weighted by Gasteiger charge is -2.41. The molecule has 0 spiro atoms. The minimum Gasteiger partial charge on any atom is -0.383 e. The van der Waals surface area contributed by atoms with Gasteiger partial charge in [-0.05, 0) is 48.8 Å². The van der Waals surface area contributed by atoms with Crippen molar-refractivity contribution in [1.29, 1.82) is 0 Å². The summed E-state index contributed by atoms with van der Waals surface area (Å²) in [4.78, 5) is 31.1. The minimum atomic E-state index is -0.609. The molecule has 7 heteroatoms. The van der Waals surface area contributed by atoms with Crippen molar-refractivity contribution in [3.8, 4) is 0 Å². The van der Waals surface area contributed by atoms with Crippen LogP contribution in [-0.4, -0.2) is 68.1 Å². The lowest BCUT2D eigenvalue weighted by Crippen LogP contribution is -2.49. The largest absolute Gasteiger partial charge is 0.383 e. The Labute approximate surface area is 202 Å². The zero-order valence-corrected chi connectivity index (χ0v) is 20.4. The first-order valence-corrected chi connectivity index (χ1v) is 12.2. The fraction of sp³-hybridized carbons (Fsp3) is 0.481. The molecular formula is C27H36FN3O3. The molecule has 0 bridgehead atoms. The Hall–Kier alpha value is -2.77. The summed E-state index contributed by atoms with van der Waals surface area (Å²) in [5.41, 5.74) is 1.94. The summed E-state index contributed by atoms with van der Waals surface area (Å²) < 4.78 is 19.0. The highest BCUT2D eigenvalue weighted by atomic mass is 19.1. The van der Waals surface area contributed by atoms with Crippen LogP contribution in [-0.2, 0) is 9.53 Å². The molecule has 0 fully saturated rings. The van der Waals surface area contributed by atoms with Crippen molar-refractivity contribution in [2.75, 3.05) is 46.4 Å². The van der Waals surface area contributed by atoms with Crippen LogP contribution in [0.25, 0.3) is 0 Å². The third-order valence-electron chi connectivity index (χ3n) is 6.47. The number of ether oxygens (including phenoxy) is 1. The van der Waals surface area contributed by atoms with Crippen molar-refractivity contribution in [2.24, 2.45) is 0 Å². The molecule has 1 aliphatic rings. The van der Waals surface area contributed by atoms with Crippen molar-refractivity contribution >= 4 is 11.8 Å².